The van der Waals surface area contributed by atoms with E-state index in [2.05, 4.69) is 10.0 Å². The minimum absolute atomic E-state index is 0.129. The van der Waals surface area contributed by atoms with Gasteiger partial charge in [-0.3, -0.25) is 4.79 Å². The van der Waals surface area contributed by atoms with Crippen LogP contribution < -0.4 is 10.0 Å². The Morgan fingerprint density at radius 2 is 1.89 bits per heavy atom. The van der Waals surface area contributed by atoms with Gasteiger partial charge in [-0.2, -0.15) is 0 Å². The fourth-order valence-corrected chi connectivity index (χ4v) is 2.79. The molecule has 1 aromatic carbocycles. The molecule has 0 saturated heterocycles. The first kappa shape index (κ1) is 14.7. The average Bonchev–Trinajstić information content (AvgIpc) is 2.26. The third kappa shape index (κ3) is 3.30. The first-order chi connectivity index (χ1) is 8.27. The Balaban J connectivity index is 3.04. The van der Waals surface area contributed by atoms with Gasteiger partial charge in [0.1, 0.15) is 0 Å². The third-order valence-corrected chi connectivity index (χ3v) is 4.19. The van der Waals surface area contributed by atoms with Gasteiger partial charge in [-0.1, -0.05) is 17.7 Å². The zero-order valence-electron chi connectivity index (χ0n) is 10.9. The number of aryl methyl sites for hydroxylation is 2. The lowest BCUT2D eigenvalue weighted by Crippen LogP contribution is -2.43. The first-order valence-electron chi connectivity index (χ1n) is 5.59. The van der Waals surface area contributed by atoms with Crippen molar-refractivity contribution in [2.24, 2.45) is 0 Å². The molecule has 0 spiro atoms. The number of rotatable bonds is 4. The molecule has 2 N–H and O–H groups in total. The number of nitrogens with one attached hydrogen (secondary N) is 2. The van der Waals surface area contributed by atoms with Gasteiger partial charge in [0.25, 0.3) is 15.9 Å². The Kier molecular flexibility index (Phi) is 4.48. The van der Waals surface area contributed by atoms with E-state index in [0.29, 0.717) is 5.56 Å². The van der Waals surface area contributed by atoms with Crippen molar-refractivity contribution in [2.45, 2.75) is 31.7 Å². The van der Waals surface area contributed by atoms with E-state index in [9.17, 15) is 13.2 Å². The number of carbonyl (C=O) groups excluding carboxylic acids is 1. The highest BCUT2D eigenvalue weighted by molar-refractivity contribution is 7.90. The average molecular weight is 270 g/mol. The van der Waals surface area contributed by atoms with Gasteiger partial charge in [-0.05, 0) is 39.4 Å². The normalized spacial score (nSPS) is 13.1. The lowest BCUT2D eigenvalue weighted by molar-refractivity contribution is -0.120. The van der Waals surface area contributed by atoms with Crippen LogP contribution in [0.2, 0.25) is 0 Å². The minimum Gasteiger partial charge on any atom is -0.309 e. The molecular formula is C12H18N2O3S. The van der Waals surface area contributed by atoms with Crippen molar-refractivity contribution in [3.05, 3.63) is 29.3 Å². The molecule has 100 valence electrons. The minimum atomic E-state index is -3.80. The van der Waals surface area contributed by atoms with Crippen molar-refractivity contribution in [1.29, 1.82) is 0 Å². The summed E-state index contributed by atoms with van der Waals surface area (Å²) in [4.78, 5) is 11.7. The zero-order valence-corrected chi connectivity index (χ0v) is 11.8. The molecule has 6 heteroatoms. The largest absolute Gasteiger partial charge is 0.309 e. The predicted octanol–water partition coefficient (Wildman–Crippen LogP) is 0.716. The first-order valence-corrected chi connectivity index (χ1v) is 7.07. The van der Waals surface area contributed by atoms with Gasteiger partial charge in [-0.25, -0.2) is 13.1 Å². The molecule has 0 heterocycles. The number of carbonyl (C=O) groups is 1. The molecule has 5 nitrogen and oxygen atoms in total. The summed E-state index contributed by atoms with van der Waals surface area (Å²) in [5, 5.41) is 2.69. The molecule has 0 aliphatic rings. The fourth-order valence-electron chi connectivity index (χ4n) is 1.51. The number of hydrogen-bond donors (Lipinski definition) is 2. The Morgan fingerprint density at radius 1 is 1.28 bits per heavy atom. The van der Waals surface area contributed by atoms with E-state index in [0.717, 1.165) is 5.56 Å². The van der Waals surface area contributed by atoms with Crippen LogP contribution in [0, 0.1) is 13.8 Å². The van der Waals surface area contributed by atoms with Crippen molar-refractivity contribution in [2.75, 3.05) is 7.05 Å². The Hall–Kier alpha value is -1.40. The summed E-state index contributed by atoms with van der Waals surface area (Å²) >= 11 is 0. The third-order valence-electron chi connectivity index (χ3n) is 2.68. The summed E-state index contributed by atoms with van der Waals surface area (Å²) < 4.78 is 26.1. The molecule has 0 radical (unpaired) electrons. The molecule has 0 aliphatic heterocycles. The van der Waals surface area contributed by atoms with Crippen LogP contribution in [0.15, 0.2) is 23.1 Å². The van der Waals surface area contributed by atoms with Gasteiger partial charge in [0.05, 0.1) is 10.9 Å². The van der Waals surface area contributed by atoms with Crippen molar-refractivity contribution in [3.63, 3.8) is 0 Å². The number of benzene rings is 1. The van der Waals surface area contributed by atoms with Crippen molar-refractivity contribution in [1.82, 2.24) is 10.0 Å². The number of hydrogen-bond acceptors (Lipinski definition) is 4. The molecule has 0 fully saturated rings. The summed E-state index contributed by atoms with van der Waals surface area (Å²) in [5.41, 5.74) is 1.59. The van der Waals surface area contributed by atoms with Crippen LogP contribution in [-0.4, -0.2) is 27.4 Å². The van der Waals surface area contributed by atoms with Crippen LogP contribution in [0.3, 0.4) is 0 Å². The lowest BCUT2D eigenvalue weighted by atomic mass is 10.2. The summed E-state index contributed by atoms with van der Waals surface area (Å²) in [6, 6.07) is 4.41. The van der Waals surface area contributed by atoms with E-state index < -0.39 is 22.0 Å². The lowest BCUT2D eigenvalue weighted by Gasteiger charge is -2.13. The van der Waals surface area contributed by atoms with Crippen LogP contribution in [-0.2, 0) is 14.8 Å². The zero-order chi connectivity index (χ0) is 13.9. The van der Waals surface area contributed by atoms with Crippen LogP contribution >= 0.6 is 0 Å². The summed E-state index contributed by atoms with van der Waals surface area (Å²) in [6.07, 6.45) is 0. The highest BCUT2D eigenvalue weighted by Gasteiger charge is 2.22. The second kappa shape index (κ2) is 5.49. The SMILES string of the molecule is CNC(C)C(=O)NS(=O)(=O)c1ccc(C)cc1C. The predicted molar refractivity (Wildman–Crippen MR) is 69.8 cm³/mol. The van der Waals surface area contributed by atoms with E-state index in [-0.39, 0.29) is 4.90 Å². The molecule has 0 bridgehead atoms. The summed E-state index contributed by atoms with van der Waals surface area (Å²) in [5.74, 6) is -0.572. The number of likely N-dealkylation sites (N-methyl/N-ethyl adjacent to an activating group) is 1. The highest BCUT2D eigenvalue weighted by Crippen LogP contribution is 2.16. The van der Waals surface area contributed by atoms with Crippen LogP contribution in [0.4, 0.5) is 0 Å². The molecule has 18 heavy (non-hydrogen) atoms. The van der Waals surface area contributed by atoms with Gasteiger partial charge in [-0.15, -0.1) is 0 Å². The summed E-state index contributed by atoms with van der Waals surface area (Å²) in [6.45, 7) is 5.17. The molecular weight excluding hydrogens is 252 g/mol. The Morgan fingerprint density at radius 3 is 2.39 bits per heavy atom. The van der Waals surface area contributed by atoms with Crippen molar-refractivity contribution < 1.29 is 13.2 Å². The molecule has 0 aliphatic carbocycles. The Labute approximate surface area is 108 Å². The molecule has 1 unspecified atom stereocenters. The quantitative estimate of drug-likeness (QED) is 0.845. The molecule has 1 atom stereocenters. The van der Waals surface area contributed by atoms with E-state index in [1.807, 2.05) is 6.92 Å². The van der Waals surface area contributed by atoms with E-state index >= 15 is 0 Å². The van der Waals surface area contributed by atoms with Gasteiger partial charge < -0.3 is 5.32 Å². The fraction of sp³-hybridized carbons (Fsp3) is 0.417. The Bertz CT molecular complexity index is 552. The van der Waals surface area contributed by atoms with Crippen LogP contribution in [0.1, 0.15) is 18.1 Å². The topological polar surface area (TPSA) is 75.3 Å². The monoisotopic (exact) mass is 270 g/mol. The molecule has 0 saturated carbocycles. The maximum atomic E-state index is 12.0. The molecule has 1 amide bonds. The van der Waals surface area contributed by atoms with Crippen molar-refractivity contribution >= 4 is 15.9 Å². The van der Waals surface area contributed by atoms with Gasteiger partial charge >= 0.3 is 0 Å². The van der Waals surface area contributed by atoms with E-state index in [4.69, 9.17) is 0 Å². The molecule has 1 rings (SSSR count). The van der Waals surface area contributed by atoms with Crippen LogP contribution in [0.5, 0.6) is 0 Å². The van der Waals surface area contributed by atoms with Gasteiger partial charge in [0.2, 0.25) is 0 Å². The summed E-state index contributed by atoms with van der Waals surface area (Å²) in [7, 11) is -2.21. The van der Waals surface area contributed by atoms with Crippen molar-refractivity contribution in [3.8, 4) is 0 Å². The van der Waals surface area contributed by atoms with E-state index in [1.165, 1.54) is 6.07 Å². The standard InChI is InChI=1S/C12H18N2O3S/c1-8-5-6-11(9(2)7-8)18(16,17)14-12(15)10(3)13-4/h5-7,10,13H,1-4H3,(H,14,15). The second-order valence-corrected chi connectivity index (χ2v) is 5.90. The maximum absolute atomic E-state index is 12.0. The maximum Gasteiger partial charge on any atom is 0.264 e. The van der Waals surface area contributed by atoms with E-state index in [1.54, 1.807) is 33.0 Å². The number of amides is 1. The molecule has 0 aromatic heterocycles. The second-order valence-electron chi connectivity index (χ2n) is 4.25. The van der Waals surface area contributed by atoms with Gasteiger partial charge in [0.15, 0.2) is 0 Å². The van der Waals surface area contributed by atoms with Crippen LogP contribution in [0.25, 0.3) is 0 Å². The smallest absolute Gasteiger partial charge is 0.264 e. The molecule has 1 aromatic rings. The number of sulfonamides is 1. The highest BCUT2D eigenvalue weighted by atomic mass is 32.2. The van der Waals surface area contributed by atoms with Gasteiger partial charge in [0, 0.05) is 0 Å².